The highest BCUT2D eigenvalue weighted by atomic mass is 16.5. The molecule has 176 valence electrons. The third kappa shape index (κ3) is 6.03. The second-order valence-corrected chi connectivity index (χ2v) is 8.00. The molecule has 4 aromatic rings. The Morgan fingerprint density at radius 1 is 0.857 bits per heavy atom. The van der Waals surface area contributed by atoms with Gasteiger partial charge in [-0.3, -0.25) is 25.2 Å². The summed E-state index contributed by atoms with van der Waals surface area (Å²) in [4.78, 5) is 37.6. The standard InChI is InChI=1S/C28H25N3O4/c1-20-9-7-10-21(17-20)18-31-16-8-14-24(28(31)34)27(33)30-29-26(32)19-35-25-15-6-5-13-23(25)22-11-3-2-4-12-22/h2-17H,18-19H2,1H3,(H,29,32)(H,30,33). The number of hydrazine groups is 1. The van der Waals surface area contributed by atoms with Crippen molar-refractivity contribution in [2.75, 3.05) is 6.61 Å². The van der Waals surface area contributed by atoms with E-state index < -0.39 is 17.4 Å². The lowest BCUT2D eigenvalue weighted by Gasteiger charge is -2.12. The van der Waals surface area contributed by atoms with Crippen LogP contribution in [0.4, 0.5) is 0 Å². The molecule has 35 heavy (non-hydrogen) atoms. The number of hydrogen-bond donors (Lipinski definition) is 2. The molecule has 0 saturated heterocycles. The summed E-state index contributed by atoms with van der Waals surface area (Å²) in [5, 5.41) is 0. The van der Waals surface area contributed by atoms with Gasteiger partial charge in [-0.15, -0.1) is 0 Å². The molecule has 0 fully saturated rings. The van der Waals surface area contributed by atoms with Crippen LogP contribution in [-0.4, -0.2) is 23.0 Å². The average molecular weight is 468 g/mol. The molecule has 0 radical (unpaired) electrons. The van der Waals surface area contributed by atoms with Gasteiger partial charge < -0.3 is 9.30 Å². The zero-order valence-electron chi connectivity index (χ0n) is 19.2. The summed E-state index contributed by atoms with van der Waals surface area (Å²) >= 11 is 0. The lowest BCUT2D eigenvalue weighted by atomic mass is 10.1. The zero-order valence-corrected chi connectivity index (χ0v) is 19.2. The number of hydrogen-bond acceptors (Lipinski definition) is 4. The summed E-state index contributed by atoms with van der Waals surface area (Å²) in [6, 6.07) is 27.9. The van der Waals surface area contributed by atoms with Gasteiger partial charge in [0.25, 0.3) is 17.4 Å². The van der Waals surface area contributed by atoms with Gasteiger partial charge in [0.05, 0.1) is 6.54 Å². The number of pyridine rings is 1. The summed E-state index contributed by atoms with van der Waals surface area (Å²) in [7, 11) is 0. The largest absolute Gasteiger partial charge is 0.483 e. The minimum atomic E-state index is -0.702. The van der Waals surface area contributed by atoms with Crippen LogP contribution in [0.1, 0.15) is 21.5 Å². The molecule has 0 aliphatic heterocycles. The van der Waals surface area contributed by atoms with Crippen molar-refractivity contribution in [2.24, 2.45) is 0 Å². The highest BCUT2D eigenvalue weighted by molar-refractivity contribution is 5.95. The molecule has 1 heterocycles. The fourth-order valence-electron chi connectivity index (χ4n) is 3.66. The molecule has 2 N–H and O–H groups in total. The van der Waals surface area contributed by atoms with Gasteiger partial charge in [-0.25, -0.2) is 0 Å². The van der Waals surface area contributed by atoms with E-state index in [1.165, 1.54) is 10.6 Å². The molecule has 7 heteroatoms. The molecule has 0 aliphatic carbocycles. The van der Waals surface area contributed by atoms with Gasteiger partial charge >= 0.3 is 0 Å². The number of benzene rings is 3. The SMILES string of the molecule is Cc1cccc(Cn2cccc(C(=O)NNC(=O)COc3ccccc3-c3ccccc3)c2=O)c1. The second kappa shape index (κ2) is 11.0. The second-order valence-electron chi connectivity index (χ2n) is 8.00. The van der Waals surface area contributed by atoms with E-state index in [9.17, 15) is 14.4 Å². The molecule has 0 bridgehead atoms. The van der Waals surface area contributed by atoms with Crippen LogP contribution in [0, 0.1) is 6.92 Å². The maximum atomic E-state index is 12.8. The van der Waals surface area contributed by atoms with E-state index in [1.807, 2.05) is 79.7 Å². The number of carbonyl (C=O) groups is 2. The van der Waals surface area contributed by atoms with Crippen LogP contribution in [0.3, 0.4) is 0 Å². The van der Waals surface area contributed by atoms with E-state index in [-0.39, 0.29) is 12.2 Å². The third-order valence-electron chi connectivity index (χ3n) is 5.35. The van der Waals surface area contributed by atoms with E-state index in [0.717, 1.165) is 22.3 Å². The molecule has 1 aromatic heterocycles. The molecule has 3 aromatic carbocycles. The van der Waals surface area contributed by atoms with Gasteiger partial charge in [-0.1, -0.05) is 78.4 Å². The predicted molar refractivity (Wildman–Crippen MR) is 134 cm³/mol. The summed E-state index contributed by atoms with van der Waals surface area (Å²) in [6.45, 7) is 2.00. The maximum Gasteiger partial charge on any atom is 0.276 e. The lowest BCUT2D eigenvalue weighted by Crippen LogP contribution is -2.45. The number of nitrogens with zero attached hydrogens (tertiary/aromatic N) is 1. The Hall–Kier alpha value is -4.65. The summed E-state index contributed by atoms with van der Waals surface area (Å²) < 4.78 is 7.13. The Morgan fingerprint density at radius 3 is 2.43 bits per heavy atom. The lowest BCUT2D eigenvalue weighted by molar-refractivity contribution is -0.123. The number of para-hydroxylation sites is 1. The first kappa shape index (κ1) is 23.5. The molecule has 0 spiro atoms. The maximum absolute atomic E-state index is 12.8. The molecule has 2 amide bonds. The normalized spacial score (nSPS) is 10.4. The van der Waals surface area contributed by atoms with E-state index >= 15 is 0 Å². The van der Waals surface area contributed by atoms with Crippen molar-refractivity contribution >= 4 is 11.8 Å². The number of nitrogens with one attached hydrogen (secondary N) is 2. The minimum Gasteiger partial charge on any atom is -0.483 e. The van der Waals surface area contributed by atoms with Crippen molar-refractivity contribution in [3.8, 4) is 16.9 Å². The summed E-state index contributed by atoms with van der Waals surface area (Å²) in [5.41, 5.74) is 7.91. The van der Waals surface area contributed by atoms with Crippen molar-refractivity contribution in [3.63, 3.8) is 0 Å². The molecule has 4 rings (SSSR count). The Labute approximate surface area is 203 Å². The molecule has 7 nitrogen and oxygen atoms in total. The molecule has 0 atom stereocenters. The molecule has 0 unspecified atom stereocenters. The molecular formula is C28H25N3O4. The van der Waals surface area contributed by atoms with Crippen LogP contribution in [0.15, 0.2) is 102 Å². The minimum absolute atomic E-state index is 0.0733. The van der Waals surface area contributed by atoms with Crippen molar-refractivity contribution in [3.05, 3.63) is 124 Å². The number of amides is 2. The van der Waals surface area contributed by atoms with Crippen LogP contribution in [-0.2, 0) is 11.3 Å². The third-order valence-corrected chi connectivity index (χ3v) is 5.35. The summed E-state index contributed by atoms with van der Waals surface area (Å²) in [6.07, 6.45) is 1.62. The Morgan fingerprint density at radius 2 is 1.63 bits per heavy atom. The van der Waals surface area contributed by atoms with Gasteiger partial charge in [0.15, 0.2) is 6.61 Å². The number of rotatable bonds is 7. The van der Waals surface area contributed by atoms with Crippen LogP contribution in [0.25, 0.3) is 11.1 Å². The average Bonchev–Trinajstić information content (AvgIpc) is 2.88. The van der Waals surface area contributed by atoms with Crippen molar-refractivity contribution in [1.82, 2.24) is 15.4 Å². The quantitative estimate of drug-likeness (QED) is 0.406. The number of ether oxygens (including phenoxy) is 1. The van der Waals surface area contributed by atoms with Crippen molar-refractivity contribution in [1.29, 1.82) is 0 Å². The van der Waals surface area contributed by atoms with Gasteiger partial charge in [-0.2, -0.15) is 0 Å². The first-order valence-electron chi connectivity index (χ1n) is 11.1. The monoisotopic (exact) mass is 467 g/mol. The number of carbonyl (C=O) groups excluding carboxylic acids is 2. The van der Waals surface area contributed by atoms with Crippen LogP contribution in [0.5, 0.6) is 5.75 Å². The summed E-state index contributed by atoms with van der Waals surface area (Å²) in [5.74, 6) is -0.717. The van der Waals surface area contributed by atoms with Crippen molar-refractivity contribution in [2.45, 2.75) is 13.5 Å². The van der Waals surface area contributed by atoms with Crippen LogP contribution in [0.2, 0.25) is 0 Å². The van der Waals surface area contributed by atoms with Gasteiger partial charge in [0, 0.05) is 11.8 Å². The van der Waals surface area contributed by atoms with E-state index in [2.05, 4.69) is 10.9 Å². The van der Waals surface area contributed by atoms with Crippen molar-refractivity contribution < 1.29 is 14.3 Å². The number of aryl methyl sites for hydroxylation is 1. The van der Waals surface area contributed by atoms with E-state index in [4.69, 9.17) is 4.74 Å². The van der Waals surface area contributed by atoms with Crippen LogP contribution < -0.4 is 21.1 Å². The Balaban J connectivity index is 1.36. The Bertz CT molecular complexity index is 1400. The van der Waals surface area contributed by atoms with Gasteiger partial charge in [0.1, 0.15) is 11.3 Å². The smallest absolute Gasteiger partial charge is 0.276 e. The molecule has 0 saturated carbocycles. The topological polar surface area (TPSA) is 89.4 Å². The molecular weight excluding hydrogens is 442 g/mol. The van der Waals surface area contributed by atoms with Crippen LogP contribution >= 0.6 is 0 Å². The number of aromatic nitrogens is 1. The van der Waals surface area contributed by atoms with Gasteiger partial charge in [-0.05, 0) is 36.2 Å². The zero-order chi connectivity index (χ0) is 24.6. The molecule has 0 aliphatic rings. The first-order chi connectivity index (χ1) is 17.0. The fourth-order valence-corrected chi connectivity index (χ4v) is 3.66. The van der Waals surface area contributed by atoms with E-state index in [0.29, 0.717) is 12.3 Å². The first-order valence-corrected chi connectivity index (χ1v) is 11.1. The van der Waals surface area contributed by atoms with Gasteiger partial charge in [0.2, 0.25) is 0 Å². The highest BCUT2D eigenvalue weighted by Crippen LogP contribution is 2.29. The predicted octanol–water partition coefficient (Wildman–Crippen LogP) is 3.71. The Kier molecular flexibility index (Phi) is 7.37. The fraction of sp³-hybridized carbons (Fsp3) is 0.107. The van der Waals surface area contributed by atoms with E-state index in [1.54, 1.807) is 18.3 Å². The highest BCUT2D eigenvalue weighted by Gasteiger charge is 2.14.